The van der Waals surface area contributed by atoms with Gasteiger partial charge in [0, 0.05) is 22.1 Å². The molecule has 6 aromatic rings. The summed E-state index contributed by atoms with van der Waals surface area (Å²) in [6.07, 6.45) is 4.48. The van der Waals surface area contributed by atoms with Crippen LogP contribution < -0.4 is 15.2 Å². The SMILES string of the molecule is CCC/C=C(/c1ccccc1)c1ccc(-n2c3c(C)c(N)ccc3c3ccc4c(c32)Oc2ccccc2O4)cc1. The first-order chi connectivity index (χ1) is 19.6. The van der Waals surface area contributed by atoms with Crippen LogP contribution in [-0.2, 0) is 0 Å². The number of nitrogens with zero attached hydrogens (tertiary/aromatic N) is 1. The van der Waals surface area contributed by atoms with E-state index in [2.05, 4.69) is 91.2 Å². The molecule has 40 heavy (non-hydrogen) atoms. The van der Waals surface area contributed by atoms with Crippen molar-refractivity contribution in [3.63, 3.8) is 0 Å². The third-order valence-corrected chi connectivity index (χ3v) is 7.75. The van der Waals surface area contributed by atoms with Gasteiger partial charge in [0.1, 0.15) is 5.52 Å². The lowest BCUT2D eigenvalue weighted by Crippen LogP contribution is -2.03. The second-order valence-corrected chi connectivity index (χ2v) is 10.3. The van der Waals surface area contributed by atoms with Crippen molar-refractivity contribution in [1.29, 1.82) is 0 Å². The normalized spacial score (nSPS) is 12.6. The molecular weight excluding hydrogens is 492 g/mol. The van der Waals surface area contributed by atoms with Gasteiger partial charge in [-0.25, -0.2) is 0 Å². The second kappa shape index (κ2) is 9.65. The van der Waals surface area contributed by atoms with E-state index in [0.29, 0.717) is 23.0 Å². The van der Waals surface area contributed by atoms with Crippen LogP contribution in [0.2, 0.25) is 0 Å². The van der Waals surface area contributed by atoms with Crippen molar-refractivity contribution in [3.8, 4) is 28.7 Å². The summed E-state index contributed by atoms with van der Waals surface area (Å²) < 4.78 is 15.1. The lowest BCUT2D eigenvalue weighted by molar-refractivity contribution is 0.362. The van der Waals surface area contributed by atoms with E-state index < -0.39 is 0 Å². The molecule has 0 saturated heterocycles. The summed E-state index contributed by atoms with van der Waals surface area (Å²) in [4.78, 5) is 0. The number of hydrogen-bond donors (Lipinski definition) is 1. The molecule has 2 heterocycles. The Morgan fingerprint density at radius 3 is 2.10 bits per heavy atom. The van der Waals surface area contributed by atoms with Gasteiger partial charge in [-0.05, 0) is 78.1 Å². The number of unbranched alkanes of at least 4 members (excludes halogenated alkanes) is 1. The van der Waals surface area contributed by atoms with Gasteiger partial charge in [0.05, 0.1) is 5.52 Å². The average Bonchev–Trinajstić information content (AvgIpc) is 3.34. The van der Waals surface area contributed by atoms with Crippen molar-refractivity contribution < 1.29 is 9.47 Å². The number of rotatable bonds is 5. The highest BCUT2D eigenvalue weighted by Gasteiger charge is 2.26. The zero-order valence-electron chi connectivity index (χ0n) is 22.6. The first-order valence-corrected chi connectivity index (χ1v) is 13.8. The molecule has 1 aliphatic rings. The third-order valence-electron chi connectivity index (χ3n) is 7.75. The van der Waals surface area contributed by atoms with Gasteiger partial charge in [-0.3, -0.25) is 0 Å². The quantitative estimate of drug-likeness (QED) is 0.229. The lowest BCUT2D eigenvalue weighted by atomic mass is 9.96. The fraction of sp³-hybridized carbons (Fsp3) is 0.111. The Bertz CT molecular complexity index is 1920. The largest absolute Gasteiger partial charge is 0.449 e. The second-order valence-electron chi connectivity index (χ2n) is 10.3. The van der Waals surface area contributed by atoms with Crippen LogP contribution in [0.25, 0.3) is 33.1 Å². The Balaban J connectivity index is 1.45. The van der Waals surface area contributed by atoms with E-state index in [4.69, 9.17) is 15.2 Å². The van der Waals surface area contributed by atoms with Crippen molar-refractivity contribution in [2.45, 2.75) is 26.7 Å². The van der Waals surface area contributed by atoms with E-state index in [0.717, 1.165) is 51.6 Å². The van der Waals surface area contributed by atoms with Gasteiger partial charge >= 0.3 is 0 Å². The molecule has 7 rings (SSSR count). The molecule has 0 aliphatic carbocycles. The predicted octanol–water partition coefficient (Wildman–Crippen LogP) is 9.80. The Morgan fingerprint density at radius 2 is 1.35 bits per heavy atom. The first-order valence-electron chi connectivity index (χ1n) is 13.8. The Morgan fingerprint density at radius 1 is 0.700 bits per heavy atom. The average molecular weight is 523 g/mol. The Labute approximate surface area is 233 Å². The molecule has 196 valence electrons. The maximum Gasteiger partial charge on any atom is 0.194 e. The summed E-state index contributed by atoms with van der Waals surface area (Å²) in [5.41, 5.74) is 15.0. The van der Waals surface area contributed by atoms with Gasteiger partial charge in [-0.15, -0.1) is 0 Å². The zero-order chi connectivity index (χ0) is 27.2. The fourth-order valence-corrected chi connectivity index (χ4v) is 5.71. The Kier molecular flexibility index (Phi) is 5.82. The molecule has 0 atom stereocenters. The summed E-state index contributed by atoms with van der Waals surface area (Å²) in [5, 5.41) is 2.22. The predicted molar refractivity (Wildman–Crippen MR) is 165 cm³/mol. The molecule has 0 saturated carbocycles. The molecule has 0 radical (unpaired) electrons. The summed E-state index contributed by atoms with van der Waals surface area (Å²) in [6.45, 7) is 4.30. The molecule has 0 unspecified atom stereocenters. The minimum absolute atomic E-state index is 0.700. The number of benzene rings is 5. The van der Waals surface area contributed by atoms with Gasteiger partial charge < -0.3 is 19.8 Å². The van der Waals surface area contributed by atoms with E-state index in [-0.39, 0.29) is 0 Å². The first kappa shape index (κ1) is 24.1. The van der Waals surface area contributed by atoms with Crippen molar-refractivity contribution in [3.05, 3.63) is 126 Å². The molecule has 0 spiro atoms. The molecule has 0 bridgehead atoms. The van der Waals surface area contributed by atoms with Crippen LogP contribution >= 0.6 is 0 Å². The lowest BCUT2D eigenvalue weighted by Gasteiger charge is -2.22. The summed E-state index contributed by atoms with van der Waals surface area (Å²) in [5.74, 6) is 2.84. The van der Waals surface area contributed by atoms with Crippen LogP contribution in [0.15, 0.2) is 109 Å². The van der Waals surface area contributed by atoms with Crippen LogP contribution in [0.3, 0.4) is 0 Å². The number of anilines is 1. The molecule has 0 amide bonds. The van der Waals surface area contributed by atoms with Gasteiger partial charge in [-0.1, -0.05) is 80.1 Å². The molecule has 1 aliphatic heterocycles. The van der Waals surface area contributed by atoms with Crippen LogP contribution in [0, 0.1) is 6.92 Å². The number of nitrogens with two attached hydrogens (primary N) is 1. The van der Waals surface area contributed by atoms with Crippen LogP contribution in [0.5, 0.6) is 23.0 Å². The molecule has 4 heteroatoms. The maximum atomic E-state index is 6.53. The topological polar surface area (TPSA) is 49.4 Å². The fourth-order valence-electron chi connectivity index (χ4n) is 5.71. The molecule has 2 N–H and O–H groups in total. The van der Waals surface area contributed by atoms with Crippen LogP contribution in [-0.4, -0.2) is 4.57 Å². The van der Waals surface area contributed by atoms with Gasteiger partial charge in [0.25, 0.3) is 0 Å². The monoisotopic (exact) mass is 522 g/mol. The van der Waals surface area contributed by atoms with Crippen molar-refractivity contribution in [1.82, 2.24) is 4.57 Å². The molecule has 1 aromatic heterocycles. The number of ether oxygens (including phenoxy) is 2. The number of allylic oxidation sites excluding steroid dienone is 1. The van der Waals surface area contributed by atoms with E-state index in [1.54, 1.807) is 0 Å². The van der Waals surface area contributed by atoms with E-state index in [1.165, 1.54) is 16.7 Å². The summed E-state index contributed by atoms with van der Waals surface area (Å²) in [6, 6.07) is 35.4. The molecule has 5 aromatic carbocycles. The highest BCUT2D eigenvalue weighted by Crippen LogP contribution is 2.51. The third kappa shape index (κ3) is 3.84. The standard InChI is InChI=1S/C36H30N2O2/c1-3-4-12-27(24-10-6-5-7-11-24)25-15-17-26(18-16-25)38-34-23(2)30(37)21-19-28(34)29-20-22-33-36(35(29)38)40-32-14-9-8-13-31(32)39-33/h5-22H,3-4,37H2,1-2H3/b27-12-. The van der Waals surface area contributed by atoms with E-state index in [1.807, 2.05) is 36.4 Å². The van der Waals surface area contributed by atoms with Crippen molar-refractivity contribution in [2.75, 3.05) is 5.73 Å². The van der Waals surface area contributed by atoms with Crippen LogP contribution in [0.4, 0.5) is 5.69 Å². The maximum absolute atomic E-state index is 6.53. The number of aryl methyl sites for hydroxylation is 1. The number of hydrogen-bond acceptors (Lipinski definition) is 3. The smallest absolute Gasteiger partial charge is 0.194 e. The van der Waals surface area contributed by atoms with Crippen molar-refractivity contribution in [2.24, 2.45) is 0 Å². The van der Waals surface area contributed by atoms with Gasteiger partial charge in [-0.2, -0.15) is 0 Å². The highest BCUT2D eigenvalue weighted by molar-refractivity contribution is 6.14. The molecule has 4 nitrogen and oxygen atoms in total. The number of nitrogen functional groups attached to an aromatic ring is 1. The number of fused-ring (bicyclic) bond motifs is 6. The summed E-state index contributed by atoms with van der Waals surface area (Å²) in [7, 11) is 0. The molecular formula is C36H30N2O2. The van der Waals surface area contributed by atoms with Gasteiger partial charge in [0.2, 0.25) is 0 Å². The minimum Gasteiger partial charge on any atom is -0.449 e. The van der Waals surface area contributed by atoms with Gasteiger partial charge in [0.15, 0.2) is 23.0 Å². The summed E-state index contributed by atoms with van der Waals surface area (Å²) >= 11 is 0. The van der Waals surface area contributed by atoms with E-state index in [9.17, 15) is 0 Å². The highest BCUT2D eigenvalue weighted by atomic mass is 16.6. The molecule has 0 fully saturated rings. The number of aromatic nitrogens is 1. The zero-order valence-corrected chi connectivity index (χ0v) is 22.6. The number of para-hydroxylation sites is 2. The Hall–Kier alpha value is -4.96. The van der Waals surface area contributed by atoms with Crippen molar-refractivity contribution >= 4 is 33.1 Å². The minimum atomic E-state index is 0.700. The van der Waals surface area contributed by atoms with Crippen LogP contribution in [0.1, 0.15) is 36.5 Å². The van der Waals surface area contributed by atoms with E-state index >= 15 is 0 Å².